The number of benzene rings is 6. The average Bonchev–Trinajstić information content (AvgIpc) is 3.60. The zero-order valence-electron chi connectivity index (χ0n) is 38.0. The first-order chi connectivity index (χ1) is 30.6. The second-order valence-electron chi connectivity index (χ2n) is 19.9. The molecule has 4 heterocycles. The van der Waals surface area contributed by atoms with Crippen molar-refractivity contribution in [3.63, 3.8) is 0 Å². The van der Waals surface area contributed by atoms with Gasteiger partial charge in [-0.3, -0.25) is 0 Å². The summed E-state index contributed by atoms with van der Waals surface area (Å²) in [4.78, 5) is 5.51. The molecule has 0 bridgehead atoms. The monoisotopic (exact) mass is 820 g/mol. The molecule has 0 radical (unpaired) electrons. The van der Waals surface area contributed by atoms with E-state index in [1.807, 2.05) is 0 Å². The first-order valence-corrected chi connectivity index (χ1v) is 23.7. The number of aryl methyl sites for hydroxylation is 3. The third kappa shape index (κ3) is 5.10. The maximum atomic E-state index is 7.57. The molecule has 0 aromatic heterocycles. The molecule has 4 aliphatic heterocycles. The van der Waals surface area contributed by atoms with Crippen LogP contribution in [0.25, 0.3) is 22.3 Å². The molecule has 6 aliphatic rings. The predicted octanol–water partition coefficient (Wildman–Crippen LogP) is 14.2. The van der Waals surface area contributed by atoms with Crippen LogP contribution in [0.5, 0.6) is 5.75 Å². The molecule has 4 heteroatoms. The van der Waals surface area contributed by atoms with Crippen molar-refractivity contribution in [1.82, 2.24) is 0 Å². The standard InChI is InChI=1S/C59H57BN2O/c1-8-10-17-39-23-27-43(28-24-39)62-49-36-42(41-19-13-12-14-20-41)26-29-44(49)45-33-37(3)34-50-53(45)60(62)55-56-58(6,46-21-15-16-22-51(46)63-56)52-38(4)31-32-57(5)47-35-40(18-11-9-2)25-30-48(47)61(50)59(55,7)54(52)57/h12-16,19-36,38H,8-11,17-18H2,1-7H3. The SMILES string of the molecule is CCCCc1ccc(N2B3C4=C5Oc6ccccc6C5(C)C5=C6C(C)(C=CC5C)c5cc(CCCC)ccc5N(c5cc(C)cc(c53)-c3ccc(-c5ccccc5)cc32)C46C)cc1. The summed E-state index contributed by atoms with van der Waals surface area (Å²) in [6.45, 7) is 16.8. The summed E-state index contributed by atoms with van der Waals surface area (Å²) in [5.74, 6) is 2.31. The van der Waals surface area contributed by atoms with Gasteiger partial charge in [0.05, 0.1) is 11.0 Å². The number of ether oxygens (including phenoxy) is 1. The van der Waals surface area contributed by atoms with Gasteiger partial charge in [-0.05, 0) is 157 Å². The van der Waals surface area contributed by atoms with Gasteiger partial charge in [0.1, 0.15) is 11.5 Å². The van der Waals surface area contributed by atoms with Crippen molar-refractivity contribution in [1.29, 1.82) is 0 Å². The van der Waals surface area contributed by atoms with Crippen LogP contribution in [-0.4, -0.2) is 12.4 Å². The van der Waals surface area contributed by atoms with Crippen LogP contribution in [0.4, 0.5) is 22.7 Å². The highest BCUT2D eigenvalue weighted by atomic mass is 16.5. The Morgan fingerprint density at radius 1 is 0.667 bits per heavy atom. The first-order valence-electron chi connectivity index (χ1n) is 23.7. The number of hydrogen-bond acceptors (Lipinski definition) is 3. The van der Waals surface area contributed by atoms with Gasteiger partial charge < -0.3 is 14.4 Å². The lowest BCUT2D eigenvalue weighted by molar-refractivity contribution is 0.342. The van der Waals surface area contributed by atoms with Gasteiger partial charge in [-0.25, -0.2) is 0 Å². The lowest BCUT2D eigenvalue weighted by atomic mass is 9.34. The minimum atomic E-state index is -0.561. The van der Waals surface area contributed by atoms with Crippen LogP contribution in [0.2, 0.25) is 0 Å². The fourth-order valence-corrected chi connectivity index (χ4v) is 13.2. The number of nitrogens with zero attached hydrogens (tertiary/aromatic N) is 2. The van der Waals surface area contributed by atoms with Crippen LogP contribution < -0.4 is 19.9 Å². The zero-order valence-corrected chi connectivity index (χ0v) is 38.0. The maximum absolute atomic E-state index is 7.57. The Labute approximate surface area is 374 Å². The molecule has 0 saturated carbocycles. The smallest absolute Gasteiger partial charge is 0.332 e. The third-order valence-corrected chi connectivity index (χ3v) is 16.0. The Balaban J connectivity index is 1.24. The summed E-state index contributed by atoms with van der Waals surface area (Å²) in [5, 5.41) is 0. The fourth-order valence-electron chi connectivity index (χ4n) is 13.2. The van der Waals surface area contributed by atoms with Crippen molar-refractivity contribution in [3.8, 4) is 28.0 Å². The summed E-state index contributed by atoms with van der Waals surface area (Å²) in [6, 6.07) is 49.1. The van der Waals surface area contributed by atoms with Gasteiger partial charge >= 0.3 is 6.85 Å². The van der Waals surface area contributed by atoms with E-state index in [0.29, 0.717) is 0 Å². The molecule has 4 atom stereocenters. The molecule has 2 aliphatic carbocycles. The minimum absolute atomic E-state index is 0.148. The fraction of sp³-hybridized carbons (Fsp3) is 0.288. The van der Waals surface area contributed by atoms with Crippen LogP contribution >= 0.6 is 0 Å². The van der Waals surface area contributed by atoms with Crippen LogP contribution in [0.1, 0.15) is 95.0 Å². The minimum Gasteiger partial charge on any atom is -0.461 e. The molecule has 0 fully saturated rings. The highest BCUT2D eigenvalue weighted by molar-refractivity contribution is 6.88. The normalized spacial score (nSPS) is 24.0. The topological polar surface area (TPSA) is 15.7 Å². The second-order valence-corrected chi connectivity index (χ2v) is 19.9. The van der Waals surface area contributed by atoms with Crippen molar-refractivity contribution in [2.24, 2.45) is 5.92 Å². The van der Waals surface area contributed by atoms with E-state index in [1.165, 1.54) is 121 Å². The molecule has 4 unspecified atom stereocenters. The van der Waals surface area contributed by atoms with Gasteiger partial charge in [0.2, 0.25) is 0 Å². The molecule has 0 N–H and O–H groups in total. The van der Waals surface area contributed by atoms with E-state index < -0.39 is 11.0 Å². The molecule has 6 aromatic carbocycles. The van der Waals surface area contributed by atoms with Gasteiger partial charge in [0.25, 0.3) is 0 Å². The van der Waals surface area contributed by atoms with Crippen LogP contribution in [0.15, 0.2) is 162 Å². The van der Waals surface area contributed by atoms with Gasteiger partial charge in [0.15, 0.2) is 0 Å². The van der Waals surface area contributed by atoms with Crippen molar-refractivity contribution in [3.05, 3.63) is 190 Å². The molecule has 0 spiro atoms. The molecule has 0 amide bonds. The quantitative estimate of drug-likeness (QED) is 0.112. The Hall–Kier alpha value is -6.00. The van der Waals surface area contributed by atoms with E-state index in [2.05, 4.69) is 198 Å². The van der Waals surface area contributed by atoms with Gasteiger partial charge in [-0.15, -0.1) is 0 Å². The number of fused-ring (bicyclic) bond motifs is 11. The molecule has 6 aromatic rings. The van der Waals surface area contributed by atoms with Crippen LogP contribution in [-0.2, 0) is 23.7 Å². The van der Waals surface area contributed by atoms with Gasteiger partial charge in [-0.1, -0.05) is 137 Å². The molecule has 12 rings (SSSR count). The van der Waals surface area contributed by atoms with Gasteiger partial charge in [0, 0.05) is 39.3 Å². The van der Waals surface area contributed by atoms with Crippen molar-refractivity contribution < 1.29 is 4.74 Å². The summed E-state index contributed by atoms with van der Waals surface area (Å²) in [7, 11) is 0. The molecule has 3 nitrogen and oxygen atoms in total. The second kappa shape index (κ2) is 13.8. The molecular weight excluding hydrogens is 763 g/mol. The average molecular weight is 821 g/mol. The first kappa shape index (κ1) is 38.7. The van der Waals surface area contributed by atoms with E-state index in [1.54, 1.807) is 0 Å². The zero-order chi connectivity index (χ0) is 43.0. The van der Waals surface area contributed by atoms with E-state index in [0.717, 1.165) is 24.4 Å². The van der Waals surface area contributed by atoms with E-state index in [4.69, 9.17) is 4.74 Å². The highest BCUT2D eigenvalue weighted by Crippen LogP contribution is 2.70. The molecule has 312 valence electrons. The maximum Gasteiger partial charge on any atom is 0.332 e. The van der Waals surface area contributed by atoms with E-state index >= 15 is 0 Å². The lowest BCUT2D eigenvalue weighted by Gasteiger charge is -2.65. The number of unbranched alkanes of at least 4 members (excludes halogenated alkanes) is 2. The summed E-state index contributed by atoms with van der Waals surface area (Å²) >= 11 is 0. The number of anilines is 4. The Bertz CT molecular complexity index is 3000. The predicted molar refractivity (Wildman–Crippen MR) is 264 cm³/mol. The molecule has 0 saturated heterocycles. The summed E-state index contributed by atoms with van der Waals surface area (Å²) < 4.78 is 7.57. The summed E-state index contributed by atoms with van der Waals surface area (Å²) in [6.07, 6.45) is 12.0. The largest absolute Gasteiger partial charge is 0.461 e. The van der Waals surface area contributed by atoms with E-state index in [9.17, 15) is 0 Å². The highest BCUT2D eigenvalue weighted by Gasteiger charge is 2.69. The van der Waals surface area contributed by atoms with Gasteiger partial charge in [-0.2, -0.15) is 0 Å². The van der Waals surface area contributed by atoms with Crippen molar-refractivity contribution in [2.75, 3.05) is 9.71 Å². The Morgan fingerprint density at radius 2 is 1.40 bits per heavy atom. The summed E-state index contributed by atoms with van der Waals surface area (Å²) in [5.41, 5.74) is 21.3. The van der Waals surface area contributed by atoms with Crippen molar-refractivity contribution in [2.45, 2.75) is 103 Å². The molecular formula is C59H57BN2O. The van der Waals surface area contributed by atoms with E-state index in [-0.39, 0.29) is 18.2 Å². The van der Waals surface area contributed by atoms with Crippen LogP contribution in [0.3, 0.4) is 0 Å². The number of allylic oxidation sites excluding steroid dienone is 3. The van der Waals surface area contributed by atoms with Crippen molar-refractivity contribution >= 4 is 35.1 Å². The number of rotatable bonds is 8. The molecule has 63 heavy (non-hydrogen) atoms. The van der Waals surface area contributed by atoms with Crippen LogP contribution in [0, 0.1) is 12.8 Å². The Kier molecular flexibility index (Phi) is 8.44. The number of para-hydroxylation sites is 1. The third-order valence-electron chi connectivity index (χ3n) is 16.0. The Morgan fingerprint density at radius 3 is 2.17 bits per heavy atom. The number of hydrogen-bond donors (Lipinski definition) is 0. The lowest BCUT2D eigenvalue weighted by Crippen LogP contribution is -2.71.